The number of hydrogen-bond donors (Lipinski definition) is 2. The second-order valence-corrected chi connectivity index (χ2v) is 7.63. The topological polar surface area (TPSA) is 68.0 Å². The SMILES string of the molecule is Nc1c(C(=O)Nc2c(F)c(F)c(F)c(F)c2F)sc2nc(C(F)F)cc(C3CC3)c12. The lowest BCUT2D eigenvalue weighted by molar-refractivity contribution is 0.103. The third-order valence-electron chi connectivity index (χ3n) is 4.64. The number of aromatic nitrogens is 1. The Kier molecular flexibility index (Phi) is 4.83. The number of pyridine rings is 1. The molecular formula is C18H10F7N3OS. The van der Waals surface area contributed by atoms with Crippen molar-refractivity contribution in [2.75, 3.05) is 11.1 Å². The fourth-order valence-electron chi connectivity index (χ4n) is 3.05. The highest BCUT2D eigenvalue weighted by Crippen LogP contribution is 2.47. The van der Waals surface area contributed by atoms with Crippen LogP contribution in [0, 0.1) is 29.1 Å². The summed E-state index contributed by atoms with van der Waals surface area (Å²) in [7, 11) is 0. The van der Waals surface area contributed by atoms with Gasteiger partial charge in [-0.1, -0.05) is 0 Å². The first-order chi connectivity index (χ1) is 14.1. The van der Waals surface area contributed by atoms with E-state index in [1.165, 1.54) is 6.07 Å². The molecule has 1 saturated carbocycles. The third kappa shape index (κ3) is 3.15. The van der Waals surface area contributed by atoms with E-state index in [1.807, 2.05) is 0 Å². The zero-order chi connectivity index (χ0) is 21.9. The van der Waals surface area contributed by atoms with Crippen LogP contribution < -0.4 is 11.1 Å². The number of carbonyl (C=O) groups is 1. The van der Waals surface area contributed by atoms with Crippen molar-refractivity contribution in [3.8, 4) is 0 Å². The molecule has 4 rings (SSSR count). The van der Waals surface area contributed by atoms with Gasteiger partial charge in [0.15, 0.2) is 23.3 Å². The highest BCUT2D eigenvalue weighted by atomic mass is 32.1. The summed E-state index contributed by atoms with van der Waals surface area (Å²) in [6.45, 7) is 0. The van der Waals surface area contributed by atoms with E-state index in [2.05, 4.69) is 4.98 Å². The molecular weight excluding hydrogens is 439 g/mol. The molecule has 1 aliphatic carbocycles. The normalized spacial score (nSPS) is 14.0. The van der Waals surface area contributed by atoms with Crippen LogP contribution in [-0.2, 0) is 0 Å². The lowest BCUT2D eigenvalue weighted by Gasteiger charge is -2.09. The average Bonchev–Trinajstić information content (AvgIpc) is 3.51. The van der Waals surface area contributed by atoms with Gasteiger partial charge in [0.1, 0.15) is 21.1 Å². The van der Waals surface area contributed by atoms with Gasteiger partial charge < -0.3 is 11.1 Å². The van der Waals surface area contributed by atoms with Crippen LogP contribution in [0.5, 0.6) is 0 Å². The largest absolute Gasteiger partial charge is 0.397 e. The number of anilines is 2. The molecule has 2 aromatic heterocycles. The van der Waals surface area contributed by atoms with E-state index in [1.54, 1.807) is 5.32 Å². The number of thiophene rings is 1. The summed E-state index contributed by atoms with van der Waals surface area (Å²) in [5.41, 5.74) is 4.21. The summed E-state index contributed by atoms with van der Waals surface area (Å²) in [6.07, 6.45) is -1.42. The van der Waals surface area contributed by atoms with E-state index in [9.17, 15) is 35.5 Å². The number of carbonyl (C=O) groups excluding carboxylic acids is 1. The quantitative estimate of drug-likeness (QED) is 0.308. The lowest BCUT2D eigenvalue weighted by Crippen LogP contribution is -2.17. The van der Waals surface area contributed by atoms with Gasteiger partial charge >= 0.3 is 0 Å². The van der Waals surface area contributed by atoms with Crippen LogP contribution >= 0.6 is 11.3 Å². The fourth-order valence-corrected chi connectivity index (χ4v) is 4.08. The molecule has 1 amide bonds. The maximum atomic E-state index is 13.8. The van der Waals surface area contributed by atoms with Crippen molar-refractivity contribution in [2.24, 2.45) is 0 Å². The molecule has 0 saturated heterocycles. The highest BCUT2D eigenvalue weighted by molar-refractivity contribution is 7.21. The average molecular weight is 449 g/mol. The van der Waals surface area contributed by atoms with E-state index in [0.717, 1.165) is 12.8 Å². The highest BCUT2D eigenvalue weighted by Gasteiger charge is 2.32. The van der Waals surface area contributed by atoms with Gasteiger partial charge in [-0.3, -0.25) is 4.79 Å². The number of halogens is 7. The van der Waals surface area contributed by atoms with Crippen molar-refractivity contribution in [1.29, 1.82) is 0 Å². The Morgan fingerprint density at radius 1 is 1.07 bits per heavy atom. The summed E-state index contributed by atoms with van der Waals surface area (Å²) in [6, 6.07) is 1.19. The fraction of sp³-hybridized carbons (Fsp3) is 0.222. The zero-order valence-corrected chi connectivity index (χ0v) is 15.4. The molecule has 0 bridgehead atoms. The summed E-state index contributed by atoms with van der Waals surface area (Å²) >= 11 is 0.577. The van der Waals surface area contributed by atoms with Crippen LogP contribution in [0.3, 0.4) is 0 Å². The molecule has 1 fully saturated rings. The summed E-state index contributed by atoms with van der Waals surface area (Å²) in [4.78, 5) is 15.9. The Bertz CT molecular complexity index is 1180. The minimum atomic E-state index is -2.87. The van der Waals surface area contributed by atoms with Crippen molar-refractivity contribution < 1.29 is 35.5 Å². The molecule has 2 heterocycles. The van der Waals surface area contributed by atoms with Gasteiger partial charge in [-0.15, -0.1) is 11.3 Å². The second-order valence-electron chi connectivity index (χ2n) is 6.64. The first kappa shape index (κ1) is 20.4. The van der Waals surface area contributed by atoms with Crippen LogP contribution in [0.4, 0.5) is 42.1 Å². The van der Waals surface area contributed by atoms with Crippen molar-refractivity contribution in [3.05, 3.63) is 51.3 Å². The second kappa shape index (κ2) is 7.11. The van der Waals surface area contributed by atoms with E-state index in [0.29, 0.717) is 16.9 Å². The summed E-state index contributed by atoms with van der Waals surface area (Å²) in [5, 5.41) is 1.88. The molecule has 1 aromatic carbocycles. The number of rotatable bonds is 4. The van der Waals surface area contributed by atoms with E-state index < -0.39 is 52.8 Å². The Hall–Kier alpha value is -2.89. The first-order valence-corrected chi connectivity index (χ1v) is 9.27. The minimum absolute atomic E-state index is 0.00904. The molecule has 1 aliphatic rings. The van der Waals surface area contributed by atoms with E-state index >= 15 is 0 Å². The number of alkyl halides is 2. The van der Waals surface area contributed by atoms with Crippen LogP contribution in [0.25, 0.3) is 10.2 Å². The molecule has 3 N–H and O–H groups in total. The van der Waals surface area contributed by atoms with Gasteiger partial charge in [0.25, 0.3) is 12.3 Å². The molecule has 30 heavy (non-hydrogen) atoms. The van der Waals surface area contributed by atoms with Crippen LogP contribution in [0.15, 0.2) is 6.07 Å². The molecule has 0 unspecified atom stereocenters. The van der Waals surface area contributed by atoms with Crippen molar-refractivity contribution in [2.45, 2.75) is 25.2 Å². The number of amides is 1. The Labute approximate surface area is 167 Å². The number of nitrogen functional groups attached to an aromatic ring is 1. The van der Waals surface area contributed by atoms with E-state index in [-0.39, 0.29) is 26.7 Å². The Morgan fingerprint density at radius 3 is 2.17 bits per heavy atom. The zero-order valence-electron chi connectivity index (χ0n) is 14.6. The predicted octanol–water partition coefficient (Wildman–Crippen LogP) is 5.64. The maximum Gasteiger partial charge on any atom is 0.280 e. The van der Waals surface area contributed by atoms with Crippen LogP contribution in [-0.4, -0.2) is 10.9 Å². The summed E-state index contributed by atoms with van der Waals surface area (Å²) in [5.74, 6) is -12.6. The molecule has 0 atom stereocenters. The van der Waals surface area contributed by atoms with Gasteiger partial charge in [0.2, 0.25) is 5.82 Å². The van der Waals surface area contributed by atoms with Gasteiger partial charge in [-0.2, -0.15) is 0 Å². The first-order valence-electron chi connectivity index (χ1n) is 8.45. The molecule has 0 spiro atoms. The Balaban J connectivity index is 1.80. The van der Waals surface area contributed by atoms with E-state index in [4.69, 9.17) is 5.73 Å². The number of nitrogens with two attached hydrogens (primary N) is 1. The minimum Gasteiger partial charge on any atom is -0.397 e. The molecule has 0 radical (unpaired) electrons. The Morgan fingerprint density at radius 2 is 1.63 bits per heavy atom. The monoisotopic (exact) mass is 449 g/mol. The van der Waals surface area contributed by atoms with Gasteiger partial charge in [-0.05, 0) is 30.4 Å². The van der Waals surface area contributed by atoms with Crippen molar-refractivity contribution in [1.82, 2.24) is 4.98 Å². The van der Waals surface area contributed by atoms with Gasteiger partial charge in [0.05, 0.1) is 5.69 Å². The molecule has 0 aliphatic heterocycles. The maximum absolute atomic E-state index is 13.8. The molecule has 12 heteroatoms. The lowest BCUT2D eigenvalue weighted by atomic mass is 10.1. The standard InChI is InChI=1S/C18H10F7N3OS/c19-8-9(20)11(22)14(12(23)10(8)21)28-17(29)15-13(26)7-5(4-1-2-4)3-6(16(24)25)27-18(7)30-15/h3-4,16H,1-2,26H2,(H,28,29). The van der Waals surface area contributed by atoms with Crippen LogP contribution in [0.1, 0.15) is 46.1 Å². The number of fused-ring (bicyclic) bond motifs is 1. The smallest absolute Gasteiger partial charge is 0.280 e. The predicted molar refractivity (Wildman–Crippen MR) is 95.1 cm³/mol. The van der Waals surface area contributed by atoms with Gasteiger partial charge in [-0.25, -0.2) is 35.7 Å². The third-order valence-corrected chi connectivity index (χ3v) is 5.74. The van der Waals surface area contributed by atoms with Crippen LogP contribution in [0.2, 0.25) is 0 Å². The van der Waals surface area contributed by atoms with Crippen molar-refractivity contribution in [3.63, 3.8) is 0 Å². The van der Waals surface area contributed by atoms with Crippen molar-refractivity contribution >= 4 is 38.8 Å². The number of benzene rings is 1. The summed E-state index contributed by atoms with van der Waals surface area (Å²) < 4.78 is 93.9. The molecule has 158 valence electrons. The molecule has 3 aromatic rings. The number of hydrogen-bond acceptors (Lipinski definition) is 4. The number of nitrogens with one attached hydrogen (secondary N) is 1. The van der Waals surface area contributed by atoms with Gasteiger partial charge in [0, 0.05) is 5.39 Å². The number of nitrogens with zero attached hydrogens (tertiary/aromatic N) is 1. The molecule has 4 nitrogen and oxygen atoms in total.